The molecule has 0 unspecified atom stereocenters. The van der Waals surface area contributed by atoms with Crippen LogP contribution in [0.15, 0.2) is 11.6 Å². The highest BCUT2D eigenvalue weighted by Gasteiger charge is 1.93. The van der Waals surface area contributed by atoms with E-state index in [2.05, 4.69) is 0 Å². The van der Waals surface area contributed by atoms with E-state index in [1.807, 2.05) is 0 Å². The Morgan fingerprint density at radius 2 is 2.44 bits per heavy atom. The predicted octanol–water partition coefficient (Wildman–Crippen LogP) is 0.332. The molecule has 0 aliphatic rings. The van der Waals surface area contributed by atoms with Crippen molar-refractivity contribution in [2.24, 2.45) is 5.73 Å². The summed E-state index contributed by atoms with van der Waals surface area (Å²) in [6, 6.07) is 1.80. The Morgan fingerprint density at radius 1 is 1.89 bits per heavy atom. The lowest BCUT2D eigenvalue weighted by atomic mass is 10.2. The van der Waals surface area contributed by atoms with E-state index < -0.39 is 5.91 Å². The van der Waals surface area contributed by atoms with Crippen LogP contribution in [0.1, 0.15) is 13.3 Å². The average molecular weight is 124 g/mol. The minimum Gasteiger partial charge on any atom is -0.369 e. The maximum Gasteiger partial charge on any atom is 0.221 e. The number of carbonyl (C=O) groups excluding carboxylic acids is 1. The normalized spacial score (nSPS) is 10.4. The molecule has 0 fully saturated rings. The van der Waals surface area contributed by atoms with Crippen molar-refractivity contribution in [3.05, 3.63) is 11.6 Å². The van der Waals surface area contributed by atoms with E-state index in [9.17, 15) is 4.79 Å². The zero-order valence-corrected chi connectivity index (χ0v) is 5.22. The highest BCUT2D eigenvalue weighted by Crippen LogP contribution is 1.95. The van der Waals surface area contributed by atoms with Gasteiger partial charge in [-0.2, -0.15) is 5.26 Å². The lowest BCUT2D eigenvalue weighted by molar-refractivity contribution is -0.117. The minimum absolute atomic E-state index is 0.174. The molecular weight excluding hydrogens is 116 g/mol. The Hall–Kier alpha value is -1.30. The largest absolute Gasteiger partial charge is 0.369 e. The van der Waals surface area contributed by atoms with Crippen LogP contribution in [0, 0.1) is 11.3 Å². The molecule has 1 amide bonds. The second-order valence-electron chi connectivity index (χ2n) is 1.76. The maximum atomic E-state index is 10.2. The third-order valence-electron chi connectivity index (χ3n) is 0.764. The van der Waals surface area contributed by atoms with Crippen molar-refractivity contribution in [1.29, 1.82) is 5.26 Å². The van der Waals surface area contributed by atoms with Gasteiger partial charge < -0.3 is 5.73 Å². The molecule has 0 aromatic carbocycles. The summed E-state index contributed by atoms with van der Waals surface area (Å²) in [5.41, 5.74) is 5.53. The predicted molar refractivity (Wildman–Crippen MR) is 33.2 cm³/mol. The first-order chi connectivity index (χ1) is 4.16. The fraction of sp³-hybridized carbons (Fsp3) is 0.333. The molecular formula is C6H8N2O. The Morgan fingerprint density at radius 3 is 2.78 bits per heavy atom. The van der Waals surface area contributed by atoms with E-state index >= 15 is 0 Å². The van der Waals surface area contributed by atoms with Gasteiger partial charge >= 0.3 is 0 Å². The fourth-order valence-electron chi connectivity index (χ4n) is 0.436. The molecule has 0 aromatic heterocycles. The summed E-state index contributed by atoms with van der Waals surface area (Å²) in [5.74, 6) is -0.404. The Balaban J connectivity index is 3.80. The summed E-state index contributed by atoms with van der Waals surface area (Å²) >= 11 is 0. The fourth-order valence-corrected chi connectivity index (χ4v) is 0.436. The van der Waals surface area contributed by atoms with Gasteiger partial charge in [0.2, 0.25) is 5.91 Å². The van der Waals surface area contributed by atoms with Gasteiger partial charge in [-0.25, -0.2) is 0 Å². The van der Waals surface area contributed by atoms with Crippen LogP contribution in [0.3, 0.4) is 0 Å². The molecule has 0 heterocycles. The number of hydrogen-bond donors (Lipinski definition) is 1. The van der Waals surface area contributed by atoms with Crippen molar-refractivity contribution in [2.75, 3.05) is 0 Å². The molecule has 0 saturated heterocycles. The summed E-state index contributed by atoms with van der Waals surface area (Å²) in [4.78, 5) is 10.2. The van der Waals surface area contributed by atoms with Crippen LogP contribution in [0.25, 0.3) is 0 Å². The summed E-state index contributed by atoms with van der Waals surface area (Å²) in [6.07, 6.45) is 1.48. The molecule has 48 valence electrons. The van der Waals surface area contributed by atoms with E-state index in [0.29, 0.717) is 5.57 Å². The van der Waals surface area contributed by atoms with Crippen LogP contribution < -0.4 is 5.73 Å². The van der Waals surface area contributed by atoms with Gasteiger partial charge in [-0.05, 0) is 6.92 Å². The van der Waals surface area contributed by atoms with E-state index in [1.165, 1.54) is 6.08 Å². The summed E-state index contributed by atoms with van der Waals surface area (Å²) in [6.45, 7) is 1.69. The van der Waals surface area contributed by atoms with E-state index in [1.54, 1.807) is 13.0 Å². The van der Waals surface area contributed by atoms with Crippen molar-refractivity contribution in [2.45, 2.75) is 13.3 Å². The van der Waals surface area contributed by atoms with Crippen LogP contribution in [0.2, 0.25) is 0 Å². The molecule has 9 heavy (non-hydrogen) atoms. The SMILES string of the molecule is CC(=CC#N)CC(N)=O. The molecule has 0 atom stereocenters. The zero-order chi connectivity index (χ0) is 7.28. The van der Waals surface area contributed by atoms with Crippen molar-refractivity contribution in [3.8, 4) is 6.07 Å². The first-order valence-corrected chi connectivity index (χ1v) is 2.50. The van der Waals surface area contributed by atoms with E-state index in [0.717, 1.165) is 0 Å². The zero-order valence-electron chi connectivity index (χ0n) is 5.22. The van der Waals surface area contributed by atoms with Gasteiger partial charge in [-0.1, -0.05) is 5.57 Å². The quantitative estimate of drug-likeness (QED) is 0.539. The second kappa shape index (κ2) is 3.67. The monoisotopic (exact) mass is 124 g/mol. The van der Waals surface area contributed by atoms with Gasteiger partial charge in [0.05, 0.1) is 6.07 Å². The van der Waals surface area contributed by atoms with Gasteiger partial charge in [0.25, 0.3) is 0 Å². The highest BCUT2D eigenvalue weighted by atomic mass is 16.1. The first-order valence-electron chi connectivity index (χ1n) is 2.50. The van der Waals surface area contributed by atoms with Gasteiger partial charge in [-0.15, -0.1) is 0 Å². The van der Waals surface area contributed by atoms with E-state index in [-0.39, 0.29) is 6.42 Å². The maximum absolute atomic E-state index is 10.2. The van der Waals surface area contributed by atoms with Gasteiger partial charge in [0.1, 0.15) is 0 Å². The van der Waals surface area contributed by atoms with Crippen LogP contribution >= 0.6 is 0 Å². The number of nitriles is 1. The molecule has 0 spiro atoms. The molecule has 3 nitrogen and oxygen atoms in total. The lowest BCUT2D eigenvalue weighted by Gasteiger charge is -1.89. The van der Waals surface area contributed by atoms with Crippen molar-refractivity contribution in [3.63, 3.8) is 0 Å². The third kappa shape index (κ3) is 4.56. The molecule has 0 aromatic rings. The molecule has 0 aliphatic carbocycles. The third-order valence-corrected chi connectivity index (χ3v) is 0.764. The molecule has 0 aliphatic heterocycles. The number of nitrogens with two attached hydrogens (primary N) is 1. The molecule has 0 saturated carbocycles. The van der Waals surface area contributed by atoms with Crippen LogP contribution in [-0.4, -0.2) is 5.91 Å². The number of carbonyl (C=O) groups is 1. The molecule has 0 bridgehead atoms. The second-order valence-corrected chi connectivity index (χ2v) is 1.76. The lowest BCUT2D eigenvalue weighted by Crippen LogP contribution is -2.10. The summed E-state index contributed by atoms with van der Waals surface area (Å²) in [5, 5.41) is 8.07. The minimum atomic E-state index is -0.404. The summed E-state index contributed by atoms with van der Waals surface area (Å²) < 4.78 is 0. The first kappa shape index (κ1) is 7.70. The van der Waals surface area contributed by atoms with Gasteiger partial charge in [-0.3, -0.25) is 4.79 Å². The number of hydrogen-bond acceptors (Lipinski definition) is 2. The number of rotatable bonds is 2. The van der Waals surface area contributed by atoms with Gasteiger partial charge in [0.15, 0.2) is 0 Å². The van der Waals surface area contributed by atoms with Crippen LogP contribution in [0.4, 0.5) is 0 Å². The van der Waals surface area contributed by atoms with Crippen molar-refractivity contribution >= 4 is 5.91 Å². The molecule has 0 rings (SSSR count). The Bertz CT molecular complexity index is 176. The molecule has 0 radical (unpaired) electrons. The Kier molecular flexibility index (Phi) is 3.14. The van der Waals surface area contributed by atoms with Gasteiger partial charge in [0, 0.05) is 12.5 Å². The number of allylic oxidation sites excluding steroid dienone is 1. The smallest absolute Gasteiger partial charge is 0.221 e. The van der Waals surface area contributed by atoms with Crippen LogP contribution in [0.5, 0.6) is 0 Å². The highest BCUT2D eigenvalue weighted by molar-refractivity contribution is 5.76. The molecule has 3 heteroatoms. The molecule has 2 N–H and O–H groups in total. The van der Waals surface area contributed by atoms with Crippen LogP contribution in [-0.2, 0) is 4.79 Å². The number of nitrogens with zero attached hydrogens (tertiary/aromatic N) is 1. The van der Waals surface area contributed by atoms with Crippen molar-refractivity contribution < 1.29 is 4.79 Å². The average Bonchev–Trinajstić information content (AvgIpc) is 1.63. The number of primary amides is 1. The van der Waals surface area contributed by atoms with E-state index in [4.69, 9.17) is 11.0 Å². The summed E-state index contributed by atoms with van der Waals surface area (Å²) in [7, 11) is 0. The Labute approximate surface area is 53.8 Å². The number of amides is 1. The topological polar surface area (TPSA) is 66.9 Å². The standard InChI is InChI=1S/C6H8N2O/c1-5(2-3-7)4-6(8)9/h2H,4H2,1H3,(H2,8,9). The van der Waals surface area contributed by atoms with Crippen molar-refractivity contribution in [1.82, 2.24) is 0 Å².